The summed E-state index contributed by atoms with van der Waals surface area (Å²) < 4.78 is 5.08. The van der Waals surface area contributed by atoms with E-state index in [1.54, 1.807) is 0 Å². The van der Waals surface area contributed by atoms with Crippen LogP contribution in [-0.4, -0.2) is 16.9 Å². The van der Waals surface area contributed by atoms with Gasteiger partial charge >= 0.3 is 5.97 Å². The van der Waals surface area contributed by atoms with Crippen LogP contribution >= 0.6 is 15.9 Å². The molecule has 1 unspecified atom stereocenters. The molecular formula is C11H21BrO2. The van der Waals surface area contributed by atoms with Crippen LogP contribution in [0.25, 0.3) is 0 Å². The van der Waals surface area contributed by atoms with Gasteiger partial charge in [0.05, 0.1) is 6.10 Å². The van der Waals surface area contributed by atoms with Crippen LogP contribution in [0.4, 0.5) is 0 Å². The lowest BCUT2D eigenvalue weighted by Gasteiger charge is -2.12. The van der Waals surface area contributed by atoms with E-state index in [4.69, 9.17) is 4.74 Å². The van der Waals surface area contributed by atoms with Crippen molar-refractivity contribution in [2.24, 2.45) is 0 Å². The highest BCUT2D eigenvalue weighted by Gasteiger charge is 2.16. The summed E-state index contributed by atoms with van der Waals surface area (Å²) in [5.41, 5.74) is 0. The van der Waals surface area contributed by atoms with Gasteiger partial charge in [0.1, 0.15) is 4.83 Å². The Balaban J connectivity index is 3.52. The summed E-state index contributed by atoms with van der Waals surface area (Å²) >= 11 is 3.35. The van der Waals surface area contributed by atoms with Crippen molar-refractivity contribution in [3.8, 4) is 0 Å². The molecule has 0 aromatic heterocycles. The SMILES string of the molecule is CCCCCCC(Br)C(=O)OC(C)C. The van der Waals surface area contributed by atoms with Crippen molar-refractivity contribution in [1.29, 1.82) is 0 Å². The topological polar surface area (TPSA) is 26.3 Å². The predicted molar refractivity (Wildman–Crippen MR) is 62.7 cm³/mol. The molecule has 0 aliphatic carbocycles. The van der Waals surface area contributed by atoms with E-state index in [9.17, 15) is 4.79 Å². The zero-order chi connectivity index (χ0) is 11.0. The van der Waals surface area contributed by atoms with Crippen LogP contribution in [0.3, 0.4) is 0 Å². The van der Waals surface area contributed by atoms with Crippen molar-refractivity contribution >= 4 is 21.9 Å². The molecule has 14 heavy (non-hydrogen) atoms. The van der Waals surface area contributed by atoms with Gasteiger partial charge < -0.3 is 4.74 Å². The molecule has 0 heterocycles. The van der Waals surface area contributed by atoms with Crippen LogP contribution in [0.1, 0.15) is 52.9 Å². The molecule has 84 valence electrons. The number of rotatable bonds is 7. The number of ether oxygens (including phenoxy) is 1. The molecule has 0 aliphatic rings. The van der Waals surface area contributed by atoms with Gasteiger partial charge in [0.15, 0.2) is 0 Å². The fraction of sp³-hybridized carbons (Fsp3) is 0.909. The Bertz CT molecular complexity index is 157. The highest BCUT2D eigenvalue weighted by molar-refractivity contribution is 9.10. The second-order valence-corrected chi connectivity index (χ2v) is 4.91. The lowest BCUT2D eigenvalue weighted by molar-refractivity contribution is -0.146. The van der Waals surface area contributed by atoms with E-state index >= 15 is 0 Å². The summed E-state index contributed by atoms with van der Waals surface area (Å²) in [5.74, 6) is -0.128. The van der Waals surface area contributed by atoms with Crippen molar-refractivity contribution in [2.45, 2.75) is 63.8 Å². The third-order valence-corrected chi connectivity index (χ3v) is 2.75. The number of carbonyl (C=O) groups excluding carboxylic acids is 1. The van der Waals surface area contributed by atoms with E-state index in [0.29, 0.717) is 0 Å². The van der Waals surface area contributed by atoms with Crippen molar-refractivity contribution < 1.29 is 9.53 Å². The Labute approximate surface area is 95.5 Å². The summed E-state index contributed by atoms with van der Waals surface area (Å²) in [4.78, 5) is 11.2. The number of halogens is 1. The molecule has 0 radical (unpaired) electrons. The molecule has 0 aromatic carbocycles. The number of hydrogen-bond donors (Lipinski definition) is 0. The van der Waals surface area contributed by atoms with E-state index in [0.717, 1.165) is 12.8 Å². The minimum atomic E-state index is -0.128. The van der Waals surface area contributed by atoms with Gasteiger partial charge in [0, 0.05) is 0 Å². The van der Waals surface area contributed by atoms with Gasteiger partial charge in [-0.1, -0.05) is 48.5 Å². The van der Waals surface area contributed by atoms with E-state index in [1.165, 1.54) is 19.3 Å². The third-order valence-electron chi connectivity index (χ3n) is 1.92. The Hall–Kier alpha value is -0.0500. The largest absolute Gasteiger partial charge is 0.462 e. The molecule has 0 aliphatic heterocycles. The van der Waals surface area contributed by atoms with Gasteiger partial charge in [-0.2, -0.15) is 0 Å². The first-order chi connectivity index (χ1) is 6.57. The van der Waals surface area contributed by atoms with Crippen LogP contribution in [0.5, 0.6) is 0 Å². The molecule has 0 N–H and O–H groups in total. The lowest BCUT2D eigenvalue weighted by atomic mass is 10.1. The second-order valence-electron chi connectivity index (χ2n) is 3.80. The quantitative estimate of drug-likeness (QED) is 0.399. The van der Waals surface area contributed by atoms with Gasteiger partial charge in [-0.05, 0) is 20.3 Å². The molecule has 2 nitrogen and oxygen atoms in total. The zero-order valence-corrected chi connectivity index (χ0v) is 11.0. The van der Waals surface area contributed by atoms with Gasteiger partial charge in [0.2, 0.25) is 0 Å². The lowest BCUT2D eigenvalue weighted by Crippen LogP contribution is -2.21. The minimum absolute atomic E-state index is 0.0156. The summed E-state index contributed by atoms with van der Waals surface area (Å²) in [5, 5.41) is 0. The average molecular weight is 265 g/mol. The number of esters is 1. The van der Waals surface area contributed by atoms with Crippen LogP contribution in [0, 0.1) is 0 Å². The molecule has 0 spiro atoms. The van der Waals surface area contributed by atoms with E-state index in [1.807, 2.05) is 13.8 Å². The van der Waals surface area contributed by atoms with Gasteiger partial charge in [-0.25, -0.2) is 0 Å². The molecule has 0 saturated carbocycles. The monoisotopic (exact) mass is 264 g/mol. The van der Waals surface area contributed by atoms with Crippen LogP contribution in [-0.2, 0) is 9.53 Å². The first kappa shape index (κ1) is 13.9. The molecule has 0 amide bonds. The van der Waals surface area contributed by atoms with Gasteiger partial charge in [-0.15, -0.1) is 0 Å². The van der Waals surface area contributed by atoms with Crippen LogP contribution < -0.4 is 0 Å². The number of unbranched alkanes of at least 4 members (excludes halogenated alkanes) is 3. The molecule has 0 rings (SSSR count). The number of carbonyl (C=O) groups is 1. The standard InChI is InChI=1S/C11H21BrO2/c1-4-5-6-7-8-10(12)11(13)14-9(2)3/h9-10H,4-8H2,1-3H3. The Morgan fingerprint density at radius 2 is 1.93 bits per heavy atom. The van der Waals surface area contributed by atoms with E-state index in [2.05, 4.69) is 22.9 Å². The molecule has 0 saturated heterocycles. The molecule has 0 bridgehead atoms. The summed E-state index contributed by atoms with van der Waals surface area (Å²) in [7, 11) is 0. The molecular weight excluding hydrogens is 244 g/mol. The maximum Gasteiger partial charge on any atom is 0.319 e. The number of alkyl halides is 1. The van der Waals surface area contributed by atoms with E-state index in [-0.39, 0.29) is 16.9 Å². The fourth-order valence-electron chi connectivity index (χ4n) is 1.17. The molecule has 0 fully saturated rings. The van der Waals surface area contributed by atoms with Crippen molar-refractivity contribution in [3.05, 3.63) is 0 Å². The second kappa shape index (κ2) is 8.27. The van der Waals surface area contributed by atoms with Crippen molar-refractivity contribution in [1.82, 2.24) is 0 Å². The highest BCUT2D eigenvalue weighted by Crippen LogP contribution is 2.14. The van der Waals surface area contributed by atoms with E-state index < -0.39 is 0 Å². The predicted octanol–water partition coefficient (Wildman–Crippen LogP) is 3.67. The Morgan fingerprint density at radius 3 is 2.43 bits per heavy atom. The van der Waals surface area contributed by atoms with Gasteiger partial charge in [0.25, 0.3) is 0 Å². The maximum absolute atomic E-state index is 11.3. The Morgan fingerprint density at radius 1 is 1.29 bits per heavy atom. The summed E-state index contributed by atoms with van der Waals surface area (Å²) in [6.45, 7) is 5.92. The molecule has 1 atom stereocenters. The minimum Gasteiger partial charge on any atom is -0.462 e. The zero-order valence-electron chi connectivity index (χ0n) is 9.38. The molecule has 0 aromatic rings. The molecule has 3 heteroatoms. The third kappa shape index (κ3) is 7.36. The summed E-state index contributed by atoms with van der Waals surface area (Å²) in [6.07, 6.45) is 5.64. The maximum atomic E-state index is 11.3. The van der Waals surface area contributed by atoms with Crippen LogP contribution in [0.2, 0.25) is 0 Å². The number of hydrogen-bond acceptors (Lipinski definition) is 2. The summed E-state index contributed by atoms with van der Waals surface area (Å²) in [6, 6.07) is 0. The first-order valence-corrected chi connectivity index (χ1v) is 6.34. The van der Waals surface area contributed by atoms with Crippen molar-refractivity contribution in [3.63, 3.8) is 0 Å². The average Bonchev–Trinajstić information content (AvgIpc) is 2.11. The van der Waals surface area contributed by atoms with Crippen LogP contribution in [0.15, 0.2) is 0 Å². The first-order valence-electron chi connectivity index (χ1n) is 5.42. The highest BCUT2D eigenvalue weighted by atomic mass is 79.9. The normalized spacial score (nSPS) is 12.9. The Kier molecular flexibility index (Phi) is 8.24. The smallest absolute Gasteiger partial charge is 0.319 e. The van der Waals surface area contributed by atoms with Gasteiger partial charge in [-0.3, -0.25) is 4.79 Å². The fourth-order valence-corrected chi connectivity index (χ4v) is 1.61. The van der Waals surface area contributed by atoms with Crippen molar-refractivity contribution in [2.75, 3.05) is 0 Å².